The van der Waals surface area contributed by atoms with E-state index in [0.29, 0.717) is 11.3 Å². The molecule has 0 radical (unpaired) electrons. The van der Waals surface area contributed by atoms with E-state index in [1.807, 2.05) is 6.07 Å². The molecule has 0 amide bonds. The topological polar surface area (TPSA) is 70.3 Å². The molecule has 84 valence electrons. The fourth-order valence-corrected chi connectivity index (χ4v) is 0.961. The smallest absolute Gasteiger partial charge is 0.256 e. The van der Waals surface area contributed by atoms with Crippen LogP contribution in [0.1, 0.15) is 12.5 Å². The van der Waals surface area contributed by atoms with E-state index in [9.17, 15) is 9.90 Å². The van der Waals surface area contributed by atoms with Crippen molar-refractivity contribution in [3.63, 3.8) is 0 Å². The number of nitrogens with zero attached hydrogens (tertiary/aromatic N) is 1. The minimum Gasteiger partial charge on any atom is -0.490 e. The van der Waals surface area contributed by atoms with E-state index in [1.54, 1.807) is 24.3 Å². The molecule has 0 spiro atoms. The second-order valence-corrected chi connectivity index (χ2v) is 3.82. The highest BCUT2D eigenvalue weighted by Gasteiger charge is 2.29. The number of hydrogen-bond acceptors (Lipinski definition) is 4. The van der Waals surface area contributed by atoms with Gasteiger partial charge < -0.3 is 9.84 Å². The molecule has 0 aliphatic heterocycles. The lowest BCUT2D eigenvalue weighted by Crippen LogP contribution is -2.38. The van der Waals surface area contributed by atoms with Gasteiger partial charge in [-0.3, -0.25) is 4.79 Å². The molecule has 0 aliphatic rings. The van der Waals surface area contributed by atoms with E-state index in [-0.39, 0.29) is 6.61 Å². The van der Waals surface area contributed by atoms with Crippen molar-refractivity contribution in [3.05, 3.63) is 29.8 Å². The van der Waals surface area contributed by atoms with Gasteiger partial charge in [0.05, 0.1) is 11.6 Å². The van der Waals surface area contributed by atoms with Crippen LogP contribution < -0.4 is 4.74 Å². The average molecular weight is 240 g/mol. The Morgan fingerprint density at radius 3 is 2.56 bits per heavy atom. The molecule has 0 aliphatic carbocycles. The predicted octanol–water partition coefficient (Wildman–Crippen LogP) is 1.45. The van der Waals surface area contributed by atoms with Crippen molar-refractivity contribution in [2.24, 2.45) is 0 Å². The van der Waals surface area contributed by atoms with Crippen molar-refractivity contribution < 1.29 is 14.6 Å². The van der Waals surface area contributed by atoms with Crippen molar-refractivity contribution in [2.75, 3.05) is 6.61 Å². The standard InChI is InChI=1S/C11H10ClNO3/c1-11(15,10(12)14)7-16-9-4-2-8(6-13)3-5-9/h2-5,15H,7H2,1H3/t11-/m0/s1. The van der Waals surface area contributed by atoms with Crippen molar-refractivity contribution in [1.82, 2.24) is 0 Å². The maximum absolute atomic E-state index is 10.8. The molecule has 0 aromatic heterocycles. The molecule has 1 rings (SSSR count). The van der Waals surface area contributed by atoms with Gasteiger partial charge in [-0.15, -0.1) is 0 Å². The van der Waals surface area contributed by atoms with Gasteiger partial charge in [-0.2, -0.15) is 5.26 Å². The fraction of sp³-hybridized carbons (Fsp3) is 0.273. The molecule has 0 unspecified atom stereocenters. The first-order valence-corrected chi connectivity index (χ1v) is 4.89. The summed E-state index contributed by atoms with van der Waals surface area (Å²) in [5.41, 5.74) is -1.21. The van der Waals surface area contributed by atoms with Crippen molar-refractivity contribution in [2.45, 2.75) is 12.5 Å². The zero-order chi connectivity index (χ0) is 12.2. The molecule has 0 heterocycles. The molecule has 0 saturated heterocycles. The third-order valence-corrected chi connectivity index (χ3v) is 2.33. The highest BCUT2D eigenvalue weighted by Crippen LogP contribution is 2.15. The van der Waals surface area contributed by atoms with E-state index in [1.165, 1.54) is 6.92 Å². The molecule has 0 bridgehead atoms. The molecule has 1 atom stereocenters. The predicted molar refractivity (Wildman–Crippen MR) is 58.1 cm³/mol. The van der Waals surface area contributed by atoms with Crippen LogP contribution >= 0.6 is 11.6 Å². The van der Waals surface area contributed by atoms with Gasteiger partial charge >= 0.3 is 0 Å². The van der Waals surface area contributed by atoms with Crippen LogP contribution in [0.5, 0.6) is 5.75 Å². The van der Waals surface area contributed by atoms with Crippen LogP contribution in [0, 0.1) is 11.3 Å². The Bertz CT molecular complexity index is 420. The third-order valence-electron chi connectivity index (χ3n) is 1.93. The number of carbonyl (C=O) groups is 1. The molecule has 1 N–H and O–H groups in total. The number of ether oxygens (including phenoxy) is 1. The summed E-state index contributed by atoms with van der Waals surface area (Å²) in [4.78, 5) is 10.8. The van der Waals surface area contributed by atoms with Gasteiger partial charge in [0.25, 0.3) is 5.24 Å². The summed E-state index contributed by atoms with van der Waals surface area (Å²) in [6.07, 6.45) is 0. The van der Waals surface area contributed by atoms with Crippen LogP contribution in [0.2, 0.25) is 0 Å². The van der Waals surface area contributed by atoms with Gasteiger partial charge in [0.2, 0.25) is 0 Å². The Balaban J connectivity index is 2.62. The summed E-state index contributed by atoms with van der Waals surface area (Å²) >= 11 is 5.17. The number of carbonyl (C=O) groups excluding carboxylic acids is 1. The second-order valence-electron chi connectivity index (χ2n) is 3.47. The summed E-state index contributed by atoms with van der Waals surface area (Å²) in [7, 11) is 0. The molecule has 1 aromatic carbocycles. The summed E-state index contributed by atoms with van der Waals surface area (Å²) in [5.74, 6) is 0.456. The van der Waals surface area contributed by atoms with Crippen molar-refractivity contribution >= 4 is 16.8 Å². The van der Waals surface area contributed by atoms with Crippen LogP contribution in [-0.2, 0) is 4.79 Å². The first-order valence-electron chi connectivity index (χ1n) is 4.51. The van der Waals surface area contributed by atoms with E-state index in [0.717, 1.165) is 0 Å². The molecule has 0 saturated carbocycles. The van der Waals surface area contributed by atoms with E-state index < -0.39 is 10.8 Å². The maximum Gasteiger partial charge on any atom is 0.256 e. The molecular formula is C11H10ClNO3. The van der Waals surface area contributed by atoms with Crippen LogP contribution in [-0.4, -0.2) is 22.6 Å². The third kappa shape index (κ3) is 3.23. The molecule has 5 heteroatoms. The van der Waals surface area contributed by atoms with Gasteiger partial charge in [-0.1, -0.05) is 0 Å². The van der Waals surface area contributed by atoms with Crippen LogP contribution in [0.3, 0.4) is 0 Å². The van der Waals surface area contributed by atoms with E-state index in [2.05, 4.69) is 0 Å². The summed E-state index contributed by atoms with van der Waals surface area (Å²) in [6, 6.07) is 8.27. The quantitative estimate of drug-likeness (QED) is 0.808. The Labute approximate surface area is 98.0 Å². The Hall–Kier alpha value is -1.57. The SMILES string of the molecule is C[C@](O)(COc1ccc(C#N)cc1)C(=O)Cl. The van der Waals surface area contributed by atoms with Crippen molar-refractivity contribution in [3.8, 4) is 11.8 Å². The second kappa shape index (κ2) is 4.97. The largest absolute Gasteiger partial charge is 0.490 e. The summed E-state index contributed by atoms with van der Waals surface area (Å²) < 4.78 is 5.17. The highest BCUT2D eigenvalue weighted by molar-refractivity contribution is 6.65. The van der Waals surface area contributed by atoms with E-state index >= 15 is 0 Å². The normalized spacial score (nSPS) is 13.6. The van der Waals surface area contributed by atoms with E-state index in [4.69, 9.17) is 21.6 Å². The lowest BCUT2D eigenvalue weighted by molar-refractivity contribution is -0.129. The van der Waals surface area contributed by atoms with Crippen molar-refractivity contribution in [1.29, 1.82) is 5.26 Å². The molecule has 16 heavy (non-hydrogen) atoms. The van der Waals surface area contributed by atoms with Gasteiger partial charge in [-0.05, 0) is 42.8 Å². The van der Waals surface area contributed by atoms with Crippen LogP contribution in [0.4, 0.5) is 0 Å². The fourth-order valence-electron chi connectivity index (χ4n) is 0.906. The zero-order valence-electron chi connectivity index (χ0n) is 8.61. The highest BCUT2D eigenvalue weighted by atomic mass is 35.5. The summed E-state index contributed by atoms with van der Waals surface area (Å²) in [5, 5.41) is 17.2. The number of nitriles is 1. The number of benzene rings is 1. The van der Waals surface area contributed by atoms with Crippen LogP contribution in [0.25, 0.3) is 0 Å². The number of halogens is 1. The maximum atomic E-state index is 10.8. The molecule has 1 aromatic rings. The Kier molecular flexibility index (Phi) is 3.88. The Morgan fingerprint density at radius 1 is 1.56 bits per heavy atom. The minimum atomic E-state index is -1.71. The number of hydrogen-bond donors (Lipinski definition) is 1. The minimum absolute atomic E-state index is 0.235. The first kappa shape index (κ1) is 12.5. The van der Waals surface area contributed by atoms with Gasteiger partial charge in [0.15, 0.2) is 5.60 Å². The first-order chi connectivity index (χ1) is 7.45. The lowest BCUT2D eigenvalue weighted by atomic mass is 10.1. The molecule has 0 fully saturated rings. The number of aliphatic hydroxyl groups is 1. The average Bonchev–Trinajstić information content (AvgIpc) is 2.27. The van der Waals surface area contributed by atoms with Gasteiger partial charge in [-0.25, -0.2) is 0 Å². The van der Waals surface area contributed by atoms with Gasteiger partial charge in [0, 0.05) is 0 Å². The van der Waals surface area contributed by atoms with Crippen LogP contribution in [0.15, 0.2) is 24.3 Å². The van der Waals surface area contributed by atoms with Gasteiger partial charge in [0.1, 0.15) is 12.4 Å². The Morgan fingerprint density at radius 2 is 2.12 bits per heavy atom. The monoisotopic (exact) mass is 239 g/mol. The molecular weight excluding hydrogens is 230 g/mol. The molecule has 4 nitrogen and oxygen atoms in total. The zero-order valence-corrected chi connectivity index (χ0v) is 9.36. The lowest BCUT2D eigenvalue weighted by Gasteiger charge is -2.18. The summed E-state index contributed by atoms with van der Waals surface area (Å²) in [6.45, 7) is 1.03. The number of rotatable bonds is 4.